The number of rotatable bonds is 16. The average molecular weight is 679 g/mol. The van der Waals surface area contributed by atoms with Gasteiger partial charge in [-0.15, -0.1) is 0 Å². The van der Waals surface area contributed by atoms with Gasteiger partial charge in [0.25, 0.3) is 12.4 Å². The number of alkyl halides is 3. The summed E-state index contributed by atoms with van der Waals surface area (Å²) in [7, 11) is 5.13. The van der Waals surface area contributed by atoms with Crippen molar-refractivity contribution in [2.45, 2.75) is 64.0 Å². The predicted molar refractivity (Wildman–Crippen MR) is 180 cm³/mol. The van der Waals surface area contributed by atoms with Crippen molar-refractivity contribution in [2.24, 2.45) is 0 Å². The van der Waals surface area contributed by atoms with Crippen LogP contribution in [0.25, 0.3) is 0 Å². The van der Waals surface area contributed by atoms with Crippen LogP contribution in [-0.2, 0) is 26.9 Å². The molecule has 1 aromatic heterocycles. The fourth-order valence-corrected chi connectivity index (χ4v) is 4.16. The summed E-state index contributed by atoms with van der Waals surface area (Å²) in [5.41, 5.74) is 1.18. The number of aryl methyl sites for hydroxylation is 1. The summed E-state index contributed by atoms with van der Waals surface area (Å²) in [5, 5.41) is 25.3. The highest BCUT2D eigenvalue weighted by molar-refractivity contribution is 5.82. The van der Waals surface area contributed by atoms with Crippen LogP contribution in [0.5, 0.6) is 5.75 Å². The van der Waals surface area contributed by atoms with Gasteiger partial charge in [-0.1, -0.05) is 61.4 Å². The number of nitrogens with one attached hydrogen (secondary N) is 2. The van der Waals surface area contributed by atoms with Crippen molar-refractivity contribution >= 4 is 18.2 Å². The fraction of sp³-hybridized carbons (Fsp3) is 0.457. The Labute approximate surface area is 281 Å². The largest absolute Gasteiger partial charge is 0.497 e. The molecule has 266 valence electrons. The topological polar surface area (TPSA) is 133 Å². The first-order valence-electron chi connectivity index (χ1n) is 15.6. The number of carbonyl (C=O) groups excluding carboxylic acids is 2. The summed E-state index contributed by atoms with van der Waals surface area (Å²) < 4.78 is 48.1. The molecule has 3 atom stereocenters. The average Bonchev–Trinajstić information content (AvgIpc) is 3.08. The van der Waals surface area contributed by atoms with E-state index in [9.17, 15) is 27.9 Å². The zero-order chi connectivity index (χ0) is 36.0. The molecule has 0 aliphatic carbocycles. The van der Waals surface area contributed by atoms with Crippen molar-refractivity contribution in [3.63, 3.8) is 0 Å². The molecule has 0 radical (unpaired) electrons. The van der Waals surface area contributed by atoms with Crippen LogP contribution in [0.4, 0.5) is 19.0 Å². The van der Waals surface area contributed by atoms with Crippen molar-refractivity contribution < 1.29 is 42.4 Å². The number of hydrogen-bond donors (Lipinski definition) is 4. The van der Waals surface area contributed by atoms with Crippen LogP contribution >= 0.6 is 0 Å². The monoisotopic (exact) mass is 678 g/mol. The van der Waals surface area contributed by atoms with Crippen LogP contribution in [-0.4, -0.2) is 86.7 Å². The molecular formula is C35H49F3N4O6. The molecule has 0 fully saturated rings. The number of unbranched alkanes of at least 4 members (excludes halogenated alkanes) is 1. The van der Waals surface area contributed by atoms with Gasteiger partial charge in [0.05, 0.1) is 31.4 Å². The maximum atomic E-state index is 12.8. The highest BCUT2D eigenvalue weighted by Crippen LogP contribution is 2.29. The second kappa shape index (κ2) is 23.2. The lowest BCUT2D eigenvalue weighted by Gasteiger charge is -2.28. The fourth-order valence-electron chi connectivity index (χ4n) is 4.16. The third-order valence-electron chi connectivity index (χ3n) is 6.97. The van der Waals surface area contributed by atoms with Crippen LogP contribution in [0.2, 0.25) is 0 Å². The van der Waals surface area contributed by atoms with Gasteiger partial charge in [0, 0.05) is 19.9 Å². The van der Waals surface area contributed by atoms with Crippen LogP contribution < -0.4 is 20.3 Å². The van der Waals surface area contributed by atoms with E-state index in [1.54, 1.807) is 19.2 Å². The van der Waals surface area contributed by atoms with E-state index in [1.165, 1.54) is 30.4 Å². The number of hydrogen-bond acceptors (Lipinski definition) is 9. The lowest BCUT2D eigenvalue weighted by atomic mass is 9.99. The number of amides is 1. The maximum Gasteiger partial charge on any atom is 0.417 e. The highest BCUT2D eigenvalue weighted by Gasteiger charge is 2.31. The van der Waals surface area contributed by atoms with E-state index in [0.29, 0.717) is 6.20 Å². The maximum absolute atomic E-state index is 12.8. The van der Waals surface area contributed by atoms with E-state index in [-0.39, 0.29) is 38.3 Å². The number of benzene rings is 2. The lowest BCUT2D eigenvalue weighted by Crippen LogP contribution is -2.51. The number of carbonyl (C=O) groups is 2. The number of methoxy groups -OCH3 is 1. The van der Waals surface area contributed by atoms with Gasteiger partial charge in [-0.2, -0.15) is 13.2 Å². The molecule has 0 saturated carbocycles. The molecule has 3 aromatic rings. The first-order valence-corrected chi connectivity index (χ1v) is 15.6. The third kappa shape index (κ3) is 16.6. The molecule has 3 rings (SSSR count). The number of likely N-dealkylation sites (N-methyl/N-ethyl adjacent to an activating group) is 1. The molecule has 1 heterocycles. The molecule has 48 heavy (non-hydrogen) atoms. The van der Waals surface area contributed by atoms with E-state index in [2.05, 4.69) is 29.5 Å². The van der Waals surface area contributed by atoms with Gasteiger partial charge < -0.3 is 35.2 Å². The number of nitrogens with zero attached hydrogens (tertiary/aromatic N) is 2. The van der Waals surface area contributed by atoms with Crippen molar-refractivity contribution in [3.8, 4) is 5.75 Å². The Hall–Kier alpha value is -4.20. The summed E-state index contributed by atoms with van der Waals surface area (Å²) in [4.78, 5) is 28.9. The first kappa shape index (κ1) is 41.8. The van der Waals surface area contributed by atoms with E-state index < -0.39 is 35.9 Å². The molecule has 4 N–H and O–H groups in total. The molecule has 10 nitrogen and oxygen atoms in total. The molecule has 3 unspecified atom stereocenters. The van der Waals surface area contributed by atoms with E-state index in [0.717, 1.165) is 30.0 Å². The van der Waals surface area contributed by atoms with E-state index >= 15 is 0 Å². The summed E-state index contributed by atoms with van der Waals surface area (Å²) in [6.07, 6.45) is -3.37. The lowest BCUT2D eigenvalue weighted by molar-refractivity contribution is -0.145. The minimum absolute atomic E-state index is 0.0202. The second-order valence-corrected chi connectivity index (χ2v) is 10.9. The Bertz CT molecular complexity index is 1280. The Morgan fingerprint density at radius 3 is 2.23 bits per heavy atom. The number of ether oxygens (including phenoxy) is 2. The van der Waals surface area contributed by atoms with Gasteiger partial charge >= 0.3 is 6.18 Å². The first-order chi connectivity index (χ1) is 22.9. The smallest absolute Gasteiger partial charge is 0.417 e. The molecule has 0 spiro atoms. The minimum Gasteiger partial charge on any atom is -0.497 e. The van der Waals surface area contributed by atoms with Crippen molar-refractivity contribution in [3.05, 3.63) is 89.6 Å². The molecular weight excluding hydrogens is 629 g/mol. The van der Waals surface area contributed by atoms with Gasteiger partial charge in [0.2, 0.25) is 0 Å². The number of anilines is 1. The highest BCUT2D eigenvalue weighted by atomic mass is 19.4. The molecule has 13 heteroatoms. The Kier molecular flexibility index (Phi) is 20.2. The summed E-state index contributed by atoms with van der Waals surface area (Å²) in [6, 6.07) is 18.2. The van der Waals surface area contributed by atoms with Crippen LogP contribution in [0.15, 0.2) is 72.9 Å². The molecule has 2 aromatic carbocycles. The van der Waals surface area contributed by atoms with E-state index in [4.69, 9.17) is 14.6 Å². The molecule has 0 saturated heterocycles. The predicted octanol–water partition coefficient (Wildman–Crippen LogP) is 4.56. The number of aromatic nitrogens is 1. The molecule has 0 bridgehead atoms. The van der Waals surface area contributed by atoms with Crippen LogP contribution in [0, 0.1) is 6.92 Å². The third-order valence-corrected chi connectivity index (χ3v) is 6.97. The Morgan fingerprint density at radius 1 is 1.08 bits per heavy atom. The Balaban J connectivity index is 0.000000628. The number of aliphatic hydroxyl groups excluding tert-OH is 2. The van der Waals surface area contributed by atoms with Gasteiger partial charge in [-0.3, -0.25) is 9.59 Å². The zero-order valence-electron chi connectivity index (χ0n) is 28.2. The summed E-state index contributed by atoms with van der Waals surface area (Å²) in [6.45, 7) is 5.01. The summed E-state index contributed by atoms with van der Waals surface area (Å²) >= 11 is 0. The molecule has 0 aliphatic rings. The van der Waals surface area contributed by atoms with Gasteiger partial charge in [-0.05, 0) is 69.6 Å². The quantitative estimate of drug-likeness (QED) is 0.127. The SMILES string of the molecule is CCCCNC.CN(CC(OC=O)C(=O)NC(Cc1ccccc1)C(O)CCO)c1ccc(C(F)(F)F)cn1.COc1ccc(C)cc1. The van der Waals surface area contributed by atoms with Crippen LogP contribution in [0.1, 0.15) is 42.9 Å². The van der Waals surface area contributed by atoms with E-state index in [1.807, 2.05) is 49.5 Å². The van der Waals surface area contributed by atoms with Crippen molar-refractivity contribution in [1.82, 2.24) is 15.6 Å². The van der Waals surface area contributed by atoms with Gasteiger partial charge in [0.1, 0.15) is 11.6 Å². The molecule has 1 amide bonds. The normalized spacial score (nSPS) is 12.5. The Morgan fingerprint density at radius 2 is 1.75 bits per heavy atom. The minimum atomic E-state index is -4.53. The van der Waals surface area contributed by atoms with Crippen LogP contribution in [0.3, 0.4) is 0 Å². The second-order valence-electron chi connectivity index (χ2n) is 10.9. The van der Waals surface area contributed by atoms with Crippen molar-refractivity contribution in [2.75, 3.05) is 45.8 Å². The number of pyridine rings is 1. The molecule has 0 aliphatic heterocycles. The summed E-state index contributed by atoms with van der Waals surface area (Å²) in [5.74, 6) is 0.343. The van der Waals surface area contributed by atoms with Gasteiger partial charge in [-0.25, -0.2) is 4.98 Å². The van der Waals surface area contributed by atoms with Crippen molar-refractivity contribution in [1.29, 1.82) is 0 Å². The number of halogens is 3. The standard InChI is InChI=1S/C22H26F3N3O5.C8H10O.C5H13N/c1-28(20-8-7-16(12-26-20)22(23,24)25)13-19(33-14-30)21(32)27-17(18(31)9-10-29)11-15-5-3-2-4-6-15;1-7-3-5-8(9-2)6-4-7;1-3-4-5-6-2/h2-8,12,14,17-19,29,31H,9-11,13H2,1H3,(H,27,32);3-6H,1-2H3;6H,3-5H2,1-2H3. The zero-order valence-corrected chi connectivity index (χ0v) is 28.2. The number of aliphatic hydroxyl groups is 2. The van der Waals surface area contributed by atoms with Gasteiger partial charge in [0.15, 0.2) is 6.10 Å².